The molecule has 0 saturated carbocycles. The van der Waals surface area contributed by atoms with E-state index in [1.165, 1.54) is 11.3 Å². The Labute approximate surface area is 156 Å². The molecule has 3 rings (SSSR count). The van der Waals surface area contributed by atoms with Crippen molar-refractivity contribution >= 4 is 23.2 Å². The third-order valence-electron chi connectivity index (χ3n) is 4.26. The average Bonchev–Trinajstić information content (AvgIpc) is 3.32. The Hall–Kier alpha value is -2.25. The van der Waals surface area contributed by atoms with Crippen LogP contribution >= 0.6 is 11.3 Å². The molecule has 1 fully saturated rings. The first-order valence-electron chi connectivity index (χ1n) is 8.76. The minimum Gasteiger partial charge on any atom is -0.481 e. The second-order valence-corrected chi connectivity index (χ2v) is 7.34. The van der Waals surface area contributed by atoms with Crippen LogP contribution in [0.2, 0.25) is 0 Å². The van der Waals surface area contributed by atoms with Crippen molar-refractivity contribution in [2.75, 3.05) is 13.2 Å². The fourth-order valence-corrected chi connectivity index (χ4v) is 3.91. The van der Waals surface area contributed by atoms with E-state index in [-0.39, 0.29) is 18.4 Å². The number of hydrogen-bond acceptors (Lipinski definition) is 5. The molecule has 1 aromatic carbocycles. The van der Waals surface area contributed by atoms with Gasteiger partial charge in [-0.25, -0.2) is 4.98 Å². The topological polar surface area (TPSA) is 79.7 Å². The van der Waals surface area contributed by atoms with Gasteiger partial charge in [-0.3, -0.25) is 9.59 Å². The van der Waals surface area contributed by atoms with Gasteiger partial charge in [0.15, 0.2) is 0 Å². The summed E-state index contributed by atoms with van der Waals surface area (Å²) < 4.78 is 5.64. The van der Waals surface area contributed by atoms with E-state index in [1.807, 2.05) is 30.3 Å². The summed E-state index contributed by atoms with van der Waals surface area (Å²) in [6, 6.07) is 9.70. The highest BCUT2D eigenvalue weighted by molar-refractivity contribution is 7.13. The zero-order chi connectivity index (χ0) is 18.4. The van der Waals surface area contributed by atoms with Gasteiger partial charge in [-0.15, -0.1) is 11.3 Å². The van der Waals surface area contributed by atoms with E-state index < -0.39 is 5.97 Å². The fraction of sp³-hybridized carbons (Fsp3) is 0.421. The van der Waals surface area contributed by atoms with Gasteiger partial charge in [0, 0.05) is 26.1 Å². The van der Waals surface area contributed by atoms with E-state index in [0.29, 0.717) is 24.4 Å². The zero-order valence-corrected chi connectivity index (χ0v) is 15.3. The number of hydrogen-bond donors (Lipinski definition) is 1. The third kappa shape index (κ3) is 4.89. The molecule has 0 bridgehead atoms. The highest BCUT2D eigenvalue weighted by Gasteiger charge is 2.24. The number of carboxylic acid groups (broad SMARTS) is 1. The number of ether oxygens (including phenoxy) is 1. The number of benzene rings is 1. The maximum Gasteiger partial charge on any atom is 0.303 e. The first-order valence-corrected chi connectivity index (χ1v) is 9.57. The van der Waals surface area contributed by atoms with Crippen molar-refractivity contribution in [3.05, 3.63) is 52.0 Å². The zero-order valence-electron chi connectivity index (χ0n) is 14.5. The van der Waals surface area contributed by atoms with Crippen LogP contribution in [0.5, 0.6) is 0 Å². The van der Waals surface area contributed by atoms with Crippen LogP contribution < -0.4 is 0 Å². The number of thiazole rings is 1. The standard InChI is InChI=1S/C19H22N2O4S/c22-17(23)9-4-10-21(13-14-6-2-1-3-7-14)19(24)16-12-20-18(26-16)15-8-5-11-25-15/h1-3,6-7,12,15H,4-5,8-11,13H2,(H,22,23). The summed E-state index contributed by atoms with van der Waals surface area (Å²) in [4.78, 5) is 30.4. The molecule has 6 nitrogen and oxygen atoms in total. The summed E-state index contributed by atoms with van der Waals surface area (Å²) >= 11 is 1.37. The number of carboxylic acids is 1. The molecular formula is C19H22N2O4S. The van der Waals surface area contributed by atoms with Crippen LogP contribution in [0.1, 0.15) is 52.0 Å². The maximum absolute atomic E-state index is 13.0. The van der Waals surface area contributed by atoms with Gasteiger partial charge in [0.05, 0.1) is 6.20 Å². The van der Waals surface area contributed by atoms with Crippen molar-refractivity contribution in [1.29, 1.82) is 0 Å². The molecule has 1 atom stereocenters. The molecule has 0 radical (unpaired) electrons. The van der Waals surface area contributed by atoms with Crippen molar-refractivity contribution in [3.63, 3.8) is 0 Å². The molecule has 7 heteroatoms. The Balaban J connectivity index is 1.71. The minimum atomic E-state index is -0.851. The van der Waals surface area contributed by atoms with E-state index in [2.05, 4.69) is 4.98 Å². The van der Waals surface area contributed by atoms with Gasteiger partial charge in [0.1, 0.15) is 16.0 Å². The van der Waals surface area contributed by atoms with Crippen LogP contribution in [0.3, 0.4) is 0 Å². The van der Waals surface area contributed by atoms with Gasteiger partial charge in [-0.05, 0) is 24.8 Å². The third-order valence-corrected chi connectivity index (χ3v) is 5.34. The van der Waals surface area contributed by atoms with E-state index >= 15 is 0 Å². The maximum atomic E-state index is 13.0. The predicted molar refractivity (Wildman–Crippen MR) is 98.1 cm³/mol. The van der Waals surface area contributed by atoms with Gasteiger partial charge in [-0.1, -0.05) is 30.3 Å². The summed E-state index contributed by atoms with van der Waals surface area (Å²) in [7, 11) is 0. The van der Waals surface area contributed by atoms with Crippen molar-refractivity contribution < 1.29 is 19.4 Å². The lowest BCUT2D eigenvalue weighted by atomic mass is 10.2. The van der Waals surface area contributed by atoms with Crippen molar-refractivity contribution in [2.45, 2.75) is 38.3 Å². The summed E-state index contributed by atoms with van der Waals surface area (Å²) in [5.41, 5.74) is 1.01. The number of aliphatic carboxylic acids is 1. The van der Waals surface area contributed by atoms with Crippen LogP contribution in [-0.2, 0) is 16.1 Å². The molecule has 2 aromatic rings. The predicted octanol–water partition coefficient (Wildman–Crippen LogP) is 3.50. The van der Waals surface area contributed by atoms with E-state index in [0.717, 1.165) is 30.0 Å². The van der Waals surface area contributed by atoms with Gasteiger partial charge in [0.2, 0.25) is 0 Å². The fourth-order valence-electron chi connectivity index (χ4n) is 2.94. The molecule has 1 aliphatic heterocycles. The number of carbonyl (C=O) groups is 2. The molecule has 138 valence electrons. The smallest absolute Gasteiger partial charge is 0.303 e. The normalized spacial score (nSPS) is 16.5. The number of nitrogens with zero attached hydrogens (tertiary/aromatic N) is 2. The lowest BCUT2D eigenvalue weighted by Gasteiger charge is -2.22. The molecular weight excluding hydrogens is 352 g/mol. The molecule has 1 unspecified atom stereocenters. The van der Waals surface area contributed by atoms with Crippen molar-refractivity contribution in [1.82, 2.24) is 9.88 Å². The largest absolute Gasteiger partial charge is 0.481 e. The molecule has 0 aliphatic carbocycles. The van der Waals surface area contributed by atoms with Gasteiger partial charge in [0.25, 0.3) is 5.91 Å². The lowest BCUT2D eigenvalue weighted by Crippen LogP contribution is -2.31. The molecule has 2 heterocycles. The minimum absolute atomic E-state index is 0.00358. The number of amides is 1. The first-order chi connectivity index (χ1) is 12.6. The van der Waals surface area contributed by atoms with Crippen LogP contribution in [0.15, 0.2) is 36.5 Å². The average molecular weight is 374 g/mol. The second-order valence-electron chi connectivity index (χ2n) is 6.27. The molecule has 1 aromatic heterocycles. The van der Waals surface area contributed by atoms with Gasteiger partial charge < -0.3 is 14.7 Å². The molecule has 1 saturated heterocycles. The Kier molecular flexibility index (Phi) is 6.35. The monoisotopic (exact) mass is 374 g/mol. The Morgan fingerprint density at radius 1 is 1.31 bits per heavy atom. The quantitative estimate of drug-likeness (QED) is 0.765. The van der Waals surface area contributed by atoms with Crippen LogP contribution in [0.25, 0.3) is 0 Å². The Morgan fingerprint density at radius 3 is 2.81 bits per heavy atom. The summed E-state index contributed by atoms with van der Waals surface area (Å²) in [5, 5.41) is 9.71. The van der Waals surface area contributed by atoms with Crippen LogP contribution in [-0.4, -0.2) is 40.0 Å². The number of carbonyl (C=O) groups excluding carboxylic acids is 1. The van der Waals surface area contributed by atoms with Crippen molar-refractivity contribution in [2.24, 2.45) is 0 Å². The molecule has 1 N–H and O–H groups in total. The summed E-state index contributed by atoms with van der Waals surface area (Å²) in [5.74, 6) is -0.962. The van der Waals surface area contributed by atoms with Crippen LogP contribution in [0, 0.1) is 0 Å². The Bertz CT molecular complexity index is 741. The summed E-state index contributed by atoms with van der Waals surface area (Å²) in [6.07, 6.45) is 4.03. The van der Waals surface area contributed by atoms with E-state index in [4.69, 9.17) is 9.84 Å². The summed E-state index contributed by atoms with van der Waals surface area (Å²) in [6.45, 7) is 1.59. The van der Waals surface area contributed by atoms with Crippen LogP contribution in [0.4, 0.5) is 0 Å². The highest BCUT2D eigenvalue weighted by Crippen LogP contribution is 2.31. The molecule has 0 spiro atoms. The molecule has 1 aliphatic rings. The SMILES string of the molecule is O=C(O)CCCN(Cc1ccccc1)C(=O)c1cnc(C2CCCO2)s1. The second kappa shape index (κ2) is 8.91. The van der Waals surface area contributed by atoms with E-state index in [1.54, 1.807) is 11.1 Å². The van der Waals surface area contributed by atoms with Crippen molar-refractivity contribution in [3.8, 4) is 0 Å². The number of rotatable bonds is 8. The highest BCUT2D eigenvalue weighted by atomic mass is 32.1. The number of aromatic nitrogens is 1. The van der Waals surface area contributed by atoms with E-state index in [9.17, 15) is 9.59 Å². The van der Waals surface area contributed by atoms with Gasteiger partial charge >= 0.3 is 5.97 Å². The Morgan fingerprint density at radius 2 is 2.12 bits per heavy atom. The molecule has 1 amide bonds. The first kappa shape index (κ1) is 18.5. The van der Waals surface area contributed by atoms with Gasteiger partial charge in [-0.2, -0.15) is 0 Å². The lowest BCUT2D eigenvalue weighted by molar-refractivity contribution is -0.137. The molecule has 26 heavy (non-hydrogen) atoms.